The summed E-state index contributed by atoms with van der Waals surface area (Å²) in [4.78, 5) is 22.6. The minimum Gasteiger partial charge on any atom is -0.478 e. The molecule has 4 N–H and O–H groups in total. The molecule has 1 rings (SSSR count). The van der Waals surface area contributed by atoms with Gasteiger partial charge in [0, 0.05) is 11.7 Å². The molecule has 0 aliphatic carbocycles. The van der Waals surface area contributed by atoms with Gasteiger partial charge >= 0.3 is 5.97 Å². The summed E-state index contributed by atoms with van der Waals surface area (Å²) in [6, 6.07) is 4.45. The fourth-order valence-corrected chi connectivity index (χ4v) is 1.48. The van der Waals surface area contributed by atoms with E-state index in [0.29, 0.717) is 11.3 Å². The number of anilines is 1. The fourth-order valence-electron chi connectivity index (χ4n) is 1.48. The van der Waals surface area contributed by atoms with Gasteiger partial charge in [-0.3, -0.25) is 4.79 Å². The second-order valence-corrected chi connectivity index (χ2v) is 4.47. The van der Waals surface area contributed by atoms with Gasteiger partial charge in [-0.1, -0.05) is 6.92 Å². The summed E-state index contributed by atoms with van der Waals surface area (Å²) in [5, 5.41) is 11.6. The van der Waals surface area contributed by atoms with Gasteiger partial charge in [-0.25, -0.2) is 4.79 Å². The number of carbonyl (C=O) groups excluding carboxylic acids is 1. The molecule has 1 amide bonds. The van der Waals surface area contributed by atoms with Crippen LogP contribution in [0.15, 0.2) is 18.2 Å². The Bertz CT molecular complexity index is 469. The number of aryl methyl sites for hydroxylation is 1. The summed E-state index contributed by atoms with van der Waals surface area (Å²) in [6.07, 6.45) is 0. The van der Waals surface area contributed by atoms with Crippen molar-refractivity contribution in [3.05, 3.63) is 29.3 Å². The second kappa shape index (κ2) is 5.64. The highest BCUT2D eigenvalue weighted by Crippen LogP contribution is 2.16. The number of nitrogens with one attached hydrogen (secondary N) is 1. The lowest BCUT2D eigenvalue weighted by molar-refractivity contribution is -0.119. The molecule has 0 spiro atoms. The summed E-state index contributed by atoms with van der Waals surface area (Å²) in [7, 11) is 0. The van der Waals surface area contributed by atoms with Gasteiger partial charge in [-0.2, -0.15) is 0 Å². The summed E-state index contributed by atoms with van der Waals surface area (Å²) in [5.41, 5.74) is 7.06. The summed E-state index contributed by atoms with van der Waals surface area (Å²) in [6.45, 7) is 5.20. The van der Waals surface area contributed by atoms with Crippen LogP contribution in [0.1, 0.15) is 29.8 Å². The van der Waals surface area contributed by atoms with Gasteiger partial charge in [0.2, 0.25) is 5.91 Å². The van der Waals surface area contributed by atoms with Crippen LogP contribution in [0.4, 0.5) is 5.69 Å². The van der Waals surface area contributed by atoms with Gasteiger partial charge in [-0.15, -0.1) is 0 Å². The molecule has 1 aromatic rings. The first-order valence-electron chi connectivity index (χ1n) is 5.73. The smallest absolute Gasteiger partial charge is 0.335 e. The highest BCUT2D eigenvalue weighted by Gasteiger charge is 2.17. The lowest BCUT2D eigenvalue weighted by Gasteiger charge is -2.15. The van der Waals surface area contributed by atoms with E-state index in [4.69, 9.17) is 10.8 Å². The molecular formula is C13H18N2O3. The third-order valence-electron chi connectivity index (χ3n) is 2.93. The van der Waals surface area contributed by atoms with E-state index >= 15 is 0 Å². The van der Waals surface area contributed by atoms with E-state index in [1.54, 1.807) is 32.9 Å². The maximum absolute atomic E-state index is 11.8. The van der Waals surface area contributed by atoms with Gasteiger partial charge in [-0.05, 0) is 37.6 Å². The number of benzene rings is 1. The molecular weight excluding hydrogens is 232 g/mol. The van der Waals surface area contributed by atoms with Crippen molar-refractivity contribution in [1.82, 2.24) is 0 Å². The first kappa shape index (κ1) is 14.2. The van der Waals surface area contributed by atoms with Crippen molar-refractivity contribution in [3.63, 3.8) is 0 Å². The number of rotatable bonds is 4. The Morgan fingerprint density at radius 2 is 1.94 bits per heavy atom. The number of amides is 1. The molecule has 0 aliphatic rings. The Kier molecular flexibility index (Phi) is 4.44. The molecule has 2 unspecified atom stereocenters. The van der Waals surface area contributed by atoms with Crippen LogP contribution in [0.3, 0.4) is 0 Å². The lowest BCUT2D eigenvalue weighted by Crippen LogP contribution is -2.34. The third kappa shape index (κ3) is 3.30. The molecule has 0 saturated heterocycles. The molecule has 5 nitrogen and oxygen atoms in total. The van der Waals surface area contributed by atoms with Crippen molar-refractivity contribution in [2.75, 3.05) is 5.32 Å². The van der Waals surface area contributed by atoms with Crippen molar-refractivity contribution < 1.29 is 14.7 Å². The number of hydrogen-bond acceptors (Lipinski definition) is 3. The number of carboxylic acids is 1. The number of carboxylic acid groups (broad SMARTS) is 1. The zero-order valence-corrected chi connectivity index (χ0v) is 10.7. The molecule has 0 aliphatic heterocycles. The predicted molar refractivity (Wildman–Crippen MR) is 69.6 cm³/mol. The molecule has 1 aromatic carbocycles. The molecule has 0 aromatic heterocycles. The standard InChI is InChI=1S/C13H18N2O3/c1-7-6-10(4-5-11(7)13(17)18)15-12(16)8(2)9(3)14/h4-6,8-9H,14H2,1-3H3,(H,15,16)(H,17,18). The second-order valence-electron chi connectivity index (χ2n) is 4.47. The molecule has 0 heterocycles. The van der Waals surface area contributed by atoms with Crippen LogP contribution in [-0.2, 0) is 4.79 Å². The average Bonchev–Trinajstić information content (AvgIpc) is 2.27. The Morgan fingerprint density at radius 1 is 1.33 bits per heavy atom. The number of hydrogen-bond donors (Lipinski definition) is 3. The minimum atomic E-state index is -0.977. The summed E-state index contributed by atoms with van der Waals surface area (Å²) >= 11 is 0. The molecule has 5 heteroatoms. The molecule has 18 heavy (non-hydrogen) atoms. The molecule has 0 saturated carbocycles. The molecule has 0 bridgehead atoms. The molecule has 0 fully saturated rings. The van der Waals surface area contributed by atoms with Gasteiger partial charge in [0.15, 0.2) is 0 Å². The minimum absolute atomic E-state index is 0.174. The Morgan fingerprint density at radius 3 is 2.39 bits per heavy atom. The maximum atomic E-state index is 11.8. The Hall–Kier alpha value is -1.88. The van der Waals surface area contributed by atoms with E-state index in [9.17, 15) is 9.59 Å². The highest BCUT2D eigenvalue weighted by molar-refractivity contribution is 5.94. The number of aromatic carboxylic acids is 1. The van der Waals surface area contributed by atoms with Crippen LogP contribution < -0.4 is 11.1 Å². The Balaban J connectivity index is 2.84. The van der Waals surface area contributed by atoms with Crippen LogP contribution >= 0.6 is 0 Å². The average molecular weight is 250 g/mol. The van der Waals surface area contributed by atoms with E-state index in [2.05, 4.69) is 5.32 Å². The van der Waals surface area contributed by atoms with E-state index in [-0.39, 0.29) is 23.4 Å². The van der Waals surface area contributed by atoms with Gasteiger partial charge in [0.25, 0.3) is 0 Å². The van der Waals surface area contributed by atoms with E-state index < -0.39 is 5.97 Å². The van der Waals surface area contributed by atoms with E-state index in [1.165, 1.54) is 6.07 Å². The van der Waals surface area contributed by atoms with Crippen LogP contribution in [0.25, 0.3) is 0 Å². The van der Waals surface area contributed by atoms with Gasteiger partial charge < -0.3 is 16.2 Å². The van der Waals surface area contributed by atoms with Crippen LogP contribution in [-0.4, -0.2) is 23.0 Å². The van der Waals surface area contributed by atoms with Crippen molar-refractivity contribution in [2.24, 2.45) is 11.7 Å². The number of nitrogens with two attached hydrogens (primary N) is 1. The van der Waals surface area contributed by atoms with Crippen molar-refractivity contribution in [2.45, 2.75) is 26.8 Å². The quantitative estimate of drug-likeness (QED) is 0.757. The SMILES string of the molecule is Cc1cc(NC(=O)C(C)C(C)N)ccc1C(=O)O. The zero-order valence-electron chi connectivity index (χ0n) is 10.7. The predicted octanol–water partition coefficient (Wildman–Crippen LogP) is 1.62. The largest absolute Gasteiger partial charge is 0.478 e. The molecule has 2 atom stereocenters. The monoisotopic (exact) mass is 250 g/mol. The van der Waals surface area contributed by atoms with E-state index in [0.717, 1.165) is 0 Å². The van der Waals surface area contributed by atoms with Crippen LogP contribution in [0, 0.1) is 12.8 Å². The fraction of sp³-hybridized carbons (Fsp3) is 0.385. The lowest BCUT2D eigenvalue weighted by atomic mass is 10.0. The van der Waals surface area contributed by atoms with Crippen LogP contribution in [0.2, 0.25) is 0 Å². The zero-order chi connectivity index (χ0) is 13.9. The third-order valence-corrected chi connectivity index (χ3v) is 2.93. The highest BCUT2D eigenvalue weighted by atomic mass is 16.4. The summed E-state index contributed by atoms with van der Waals surface area (Å²) in [5.74, 6) is -1.45. The molecule has 98 valence electrons. The first-order chi connectivity index (χ1) is 8.32. The van der Waals surface area contributed by atoms with Crippen molar-refractivity contribution in [1.29, 1.82) is 0 Å². The normalized spacial score (nSPS) is 13.8. The summed E-state index contributed by atoms with van der Waals surface area (Å²) < 4.78 is 0. The first-order valence-corrected chi connectivity index (χ1v) is 5.73. The molecule has 0 radical (unpaired) electrons. The van der Waals surface area contributed by atoms with Crippen molar-refractivity contribution >= 4 is 17.6 Å². The van der Waals surface area contributed by atoms with Gasteiger partial charge in [0.1, 0.15) is 0 Å². The van der Waals surface area contributed by atoms with E-state index in [1.807, 2.05) is 0 Å². The topological polar surface area (TPSA) is 92.4 Å². The van der Waals surface area contributed by atoms with Crippen LogP contribution in [0.5, 0.6) is 0 Å². The number of carbonyl (C=O) groups is 2. The van der Waals surface area contributed by atoms with Crippen molar-refractivity contribution in [3.8, 4) is 0 Å². The maximum Gasteiger partial charge on any atom is 0.335 e. The Labute approximate surface area is 106 Å². The van der Waals surface area contributed by atoms with Gasteiger partial charge in [0.05, 0.1) is 11.5 Å².